The first-order valence-electron chi connectivity index (χ1n) is 5.99. The quantitative estimate of drug-likeness (QED) is 0.658. The van der Waals surface area contributed by atoms with Crippen LogP contribution in [0.4, 0.5) is 5.69 Å². The Morgan fingerprint density at radius 2 is 1.84 bits per heavy atom. The number of ether oxygens (including phenoxy) is 2. The first kappa shape index (κ1) is 15.7. The number of benzene rings is 1. The minimum absolute atomic E-state index is 0.00767. The van der Waals surface area contributed by atoms with Gasteiger partial charge >= 0.3 is 0 Å². The van der Waals surface area contributed by atoms with E-state index in [1.807, 2.05) is 0 Å². The van der Waals surface area contributed by atoms with Crippen LogP contribution in [0.5, 0.6) is 5.75 Å². The van der Waals surface area contributed by atoms with E-state index in [0.29, 0.717) is 31.3 Å². The Hall–Kier alpha value is -1.31. The van der Waals surface area contributed by atoms with E-state index in [1.165, 1.54) is 0 Å². The minimum atomic E-state index is -3.25. The zero-order valence-corrected chi connectivity index (χ0v) is 11.6. The maximum atomic E-state index is 11.3. The molecule has 7 heteroatoms. The molecule has 0 heterocycles. The summed E-state index contributed by atoms with van der Waals surface area (Å²) in [6.45, 7) is 2.63. The van der Waals surface area contributed by atoms with Crippen molar-refractivity contribution in [3.8, 4) is 5.75 Å². The van der Waals surface area contributed by atoms with Crippen molar-refractivity contribution in [3.05, 3.63) is 24.3 Å². The van der Waals surface area contributed by atoms with Gasteiger partial charge in [-0.05, 0) is 31.2 Å². The average Bonchev–Trinajstić information content (AvgIpc) is 2.40. The van der Waals surface area contributed by atoms with E-state index in [0.717, 1.165) is 0 Å². The summed E-state index contributed by atoms with van der Waals surface area (Å²) in [4.78, 5) is 0. The third-order valence-corrected chi connectivity index (χ3v) is 3.55. The van der Waals surface area contributed by atoms with E-state index in [2.05, 4.69) is 4.72 Å². The van der Waals surface area contributed by atoms with Crippen molar-refractivity contribution in [2.75, 3.05) is 36.9 Å². The number of aliphatic hydroxyl groups excluding tert-OH is 1. The Balaban J connectivity index is 2.39. The second-order valence-electron chi connectivity index (χ2n) is 3.71. The van der Waals surface area contributed by atoms with Gasteiger partial charge in [0.1, 0.15) is 12.4 Å². The van der Waals surface area contributed by atoms with Crippen molar-refractivity contribution >= 4 is 15.7 Å². The molecule has 2 N–H and O–H groups in total. The predicted molar refractivity (Wildman–Crippen MR) is 72.9 cm³/mol. The van der Waals surface area contributed by atoms with Gasteiger partial charge in [0.2, 0.25) is 10.0 Å². The Morgan fingerprint density at radius 1 is 1.16 bits per heavy atom. The van der Waals surface area contributed by atoms with E-state index in [1.54, 1.807) is 31.2 Å². The first-order chi connectivity index (χ1) is 9.07. The molecule has 0 amide bonds. The normalized spacial score (nSPS) is 11.3. The summed E-state index contributed by atoms with van der Waals surface area (Å²) < 4.78 is 35.6. The first-order valence-corrected chi connectivity index (χ1v) is 7.64. The SMILES string of the molecule is CCS(=O)(=O)Nc1ccc(OCCOCCO)cc1. The molecule has 6 nitrogen and oxygen atoms in total. The fourth-order valence-electron chi connectivity index (χ4n) is 1.26. The lowest BCUT2D eigenvalue weighted by molar-refractivity contribution is 0.0705. The van der Waals surface area contributed by atoms with Gasteiger partial charge in [-0.1, -0.05) is 0 Å². The zero-order valence-electron chi connectivity index (χ0n) is 10.8. The Kier molecular flexibility index (Phi) is 6.61. The Labute approximate surface area is 113 Å². The largest absolute Gasteiger partial charge is 0.491 e. The van der Waals surface area contributed by atoms with Crippen molar-refractivity contribution in [1.29, 1.82) is 0 Å². The molecule has 0 radical (unpaired) electrons. The maximum absolute atomic E-state index is 11.3. The summed E-state index contributed by atoms with van der Waals surface area (Å²) in [6, 6.07) is 6.63. The number of hydrogen-bond acceptors (Lipinski definition) is 5. The van der Waals surface area contributed by atoms with Crippen LogP contribution >= 0.6 is 0 Å². The molecular formula is C12H19NO5S. The fourth-order valence-corrected chi connectivity index (χ4v) is 1.90. The fraction of sp³-hybridized carbons (Fsp3) is 0.500. The van der Waals surface area contributed by atoms with E-state index in [9.17, 15) is 8.42 Å². The van der Waals surface area contributed by atoms with Crippen LogP contribution in [-0.4, -0.2) is 45.7 Å². The number of nitrogens with one attached hydrogen (secondary N) is 1. The molecule has 0 fully saturated rings. The van der Waals surface area contributed by atoms with Gasteiger partial charge in [-0.3, -0.25) is 4.72 Å². The molecule has 0 saturated carbocycles. The molecule has 0 saturated heterocycles. The van der Waals surface area contributed by atoms with Crippen LogP contribution < -0.4 is 9.46 Å². The molecule has 0 bridgehead atoms. The molecule has 0 aliphatic heterocycles. The van der Waals surface area contributed by atoms with Gasteiger partial charge in [0.15, 0.2) is 0 Å². The smallest absolute Gasteiger partial charge is 0.232 e. The number of aliphatic hydroxyl groups is 1. The maximum Gasteiger partial charge on any atom is 0.232 e. The van der Waals surface area contributed by atoms with Crippen LogP contribution in [0.25, 0.3) is 0 Å². The van der Waals surface area contributed by atoms with E-state index >= 15 is 0 Å². The number of anilines is 1. The minimum Gasteiger partial charge on any atom is -0.491 e. The topological polar surface area (TPSA) is 84.9 Å². The predicted octanol–water partition coefficient (Wildman–Crippen LogP) is 0.836. The molecule has 0 aliphatic carbocycles. The summed E-state index contributed by atoms with van der Waals surface area (Å²) in [5.41, 5.74) is 0.505. The van der Waals surface area contributed by atoms with Crippen LogP contribution in [0.15, 0.2) is 24.3 Å². The second-order valence-corrected chi connectivity index (χ2v) is 5.73. The van der Waals surface area contributed by atoms with Crippen molar-refractivity contribution in [2.45, 2.75) is 6.92 Å². The van der Waals surface area contributed by atoms with Crippen molar-refractivity contribution in [1.82, 2.24) is 0 Å². The molecule has 0 spiro atoms. The summed E-state index contributed by atoms with van der Waals surface area (Å²) in [5.74, 6) is 0.667. The van der Waals surface area contributed by atoms with Crippen LogP contribution in [0.3, 0.4) is 0 Å². The van der Waals surface area contributed by atoms with Gasteiger partial charge in [-0.2, -0.15) is 0 Å². The number of hydrogen-bond donors (Lipinski definition) is 2. The molecule has 1 rings (SSSR count). The van der Waals surface area contributed by atoms with Gasteiger partial charge in [0.05, 0.1) is 25.6 Å². The van der Waals surface area contributed by atoms with E-state index in [-0.39, 0.29) is 12.4 Å². The molecular weight excluding hydrogens is 270 g/mol. The summed E-state index contributed by atoms with van der Waals surface area (Å²) in [5, 5.41) is 8.50. The second kappa shape index (κ2) is 7.98. The van der Waals surface area contributed by atoms with Crippen LogP contribution in [0.2, 0.25) is 0 Å². The van der Waals surface area contributed by atoms with Crippen molar-refractivity contribution < 1.29 is 23.0 Å². The van der Waals surface area contributed by atoms with Gasteiger partial charge in [0.25, 0.3) is 0 Å². The molecule has 19 heavy (non-hydrogen) atoms. The molecule has 0 aliphatic rings. The summed E-state index contributed by atoms with van der Waals surface area (Å²) >= 11 is 0. The highest BCUT2D eigenvalue weighted by molar-refractivity contribution is 7.92. The third kappa shape index (κ3) is 6.42. The lowest BCUT2D eigenvalue weighted by atomic mass is 10.3. The standard InChI is InChI=1S/C12H19NO5S/c1-2-19(15,16)13-11-3-5-12(6-4-11)18-10-9-17-8-7-14/h3-6,13-14H,2,7-10H2,1H3. The van der Waals surface area contributed by atoms with Gasteiger partial charge in [-0.25, -0.2) is 8.42 Å². The monoisotopic (exact) mass is 289 g/mol. The van der Waals surface area contributed by atoms with Gasteiger partial charge in [0, 0.05) is 5.69 Å². The van der Waals surface area contributed by atoms with Crippen LogP contribution in [-0.2, 0) is 14.8 Å². The lowest BCUT2D eigenvalue weighted by Gasteiger charge is -2.09. The number of rotatable bonds is 9. The van der Waals surface area contributed by atoms with E-state index in [4.69, 9.17) is 14.6 Å². The van der Waals surface area contributed by atoms with Gasteiger partial charge < -0.3 is 14.6 Å². The van der Waals surface area contributed by atoms with Gasteiger partial charge in [-0.15, -0.1) is 0 Å². The van der Waals surface area contributed by atoms with Crippen LogP contribution in [0.1, 0.15) is 6.92 Å². The molecule has 0 unspecified atom stereocenters. The van der Waals surface area contributed by atoms with E-state index < -0.39 is 10.0 Å². The Morgan fingerprint density at radius 3 is 2.42 bits per heavy atom. The highest BCUT2D eigenvalue weighted by atomic mass is 32.2. The van der Waals surface area contributed by atoms with Crippen LogP contribution in [0, 0.1) is 0 Å². The molecule has 0 aromatic heterocycles. The van der Waals surface area contributed by atoms with Crippen molar-refractivity contribution in [3.63, 3.8) is 0 Å². The highest BCUT2D eigenvalue weighted by Gasteiger charge is 2.06. The highest BCUT2D eigenvalue weighted by Crippen LogP contribution is 2.16. The summed E-state index contributed by atoms with van der Waals surface area (Å²) in [7, 11) is -3.25. The third-order valence-electron chi connectivity index (χ3n) is 2.24. The average molecular weight is 289 g/mol. The summed E-state index contributed by atoms with van der Waals surface area (Å²) in [6.07, 6.45) is 0. The zero-order chi connectivity index (χ0) is 14.1. The molecule has 108 valence electrons. The molecule has 0 atom stereocenters. The number of sulfonamides is 1. The molecule has 1 aromatic carbocycles. The molecule has 1 aromatic rings. The van der Waals surface area contributed by atoms with Crippen molar-refractivity contribution in [2.24, 2.45) is 0 Å². The Bertz CT molecular complexity index is 458. The lowest BCUT2D eigenvalue weighted by Crippen LogP contribution is -2.14.